The molecule has 0 aliphatic carbocycles. The Morgan fingerprint density at radius 1 is 0.821 bits per heavy atom. The predicted octanol–water partition coefficient (Wildman–Crippen LogP) is 8.45. The fourth-order valence-corrected chi connectivity index (χ4v) is 0. The van der Waals surface area contributed by atoms with Gasteiger partial charge in [-0.2, -0.15) is 11.8 Å². The number of aliphatic imine (C=N–C) groups is 2. The quantitative estimate of drug-likeness (QED) is 0.422. The van der Waals surface area contributed by atoms with Crippen molar-refractivity contribution in [1.82, 2.24) is 5.32 Å². The number of hydrogen-bond acceptors (Lipinski definition) is 5. The maximum absolute atomic E-state index is 9.44. The highest BCUT2D eigenvalue weighted by atomic mass is 32.2. The summed E-state index contributed by atoms with van der Waals surface area (Å²) < 4.78 is 0. The average molecular weight is 434 g/mol. The van der Waals surface area contributed by atoms with E-state index in [-0.39, 0.29) is 50.3 Å². The summed E-state index contributed by atoms with van der Waals surface area (Å²) in [5.74, 6) is 1.40. The zero-order valence-electron chi connectivity index (χ0n) is 17.3. The van der Waals surface area contributed by atoms with Crippen molar-refractivity contribution >= 4 is 30.0 Å². The van der Waals surface area contributed by atoms with Crippen molar-refractivity contribution < 1.29 is 4.79 Å². The SMILES string of the molecule is C.C.C.C.C.C.CC(C)=O.CC=NC.CC=NC.CCC.CCSC.CNC. The van der Waals surface area contributed by atoms with Crippen LogP contribution in [0, 0.1) is 0 Å². The topological polar surface area (TPSA) is 53.8 Å². The average Bonchev–Trinajstić information content (AvgIpc) is 2.48. The molecule has 28 heavy (non-hydrogen) atoms. The Kier molecular flexibility index (Phi) is 456. The molecule has 0 amide bonds. The van der Waals surface area contributed by atoms with E-state index in [2.05, 4.69) is 42.3 Å². The summed E-state index contributed by atoms with van der Waals surface area (Å²) in [6.45, 7) is 13.2. The third kappa shape index (κ3) is 2780. The highest BCUT2D eigenvalue weighted by Crippen LogP contribution is 1.83. The van der Waals surface area contributed by atoms with Crippen LogP contribution in [-0.4, -0.2) is 58.4 Å². The zero-order valence-corrected chi connectivity index (χ0v) is 18.1. The molecule has 0 fully saturated rings. The van der Waals surface area contributed by atoms with E-state index in [1.165, 1.54) is 26.0 Å². The van der Waals surface area contributed by atoms with Gasteiger partial charge in [0.2, 0.25) is 0 Å². The van der Waals surface area contributed by atoms with Crippen molar-refractivity contribution in [1.29, 1.82) is 0 Å². The Labute approximate surface area is 189 Å². The Bertz CT molecular complexity index is 161. The van der Waals surface area contributed by atoms with Crippen LogP contribution in [0.3, 0.4) is 0 Å². The molecule has 0 spiro atoms. The second kappa shape index (κ2) is 158. The van der Waals surface area contributed by atoms with Crippen LogP contribution in [0.1, 0.15) is 99.4 Å². The number of thioether (sulfide) groups is 1. The Balaban J connectivity index is -0.0000000106. The van der Waals surface area contributed by atoms with Gasteiger partial charge >= 0.3 is 0 Å². The molecule has 0 unspecified atom stereocenters. The van der Waals surface area contributed by atoms with Crippen molar-refractivity contribution in [2.75, 3.05) is 40.2 Å². The molecule has 0 aromatic carbocycles. The fraction of sp³-hybridized carbons (Fsp3) is 0.870. The number of Topliss-reactive ketones (excluding diaryl/α,β-unsaturated/α-hetero) is 1. The van der Waals surface area contributed by atoms with Gasteiger partial charge in [0.05, 0.1) is 0 Å². The van der Waals surface area contributed by atoms with Gasteiger partial charge < -0.3 is 20.1 Å². The molecule has 0 bridgehead atoms. The summed E-state index contributed by atoms with van der Waals surface area (Å²) in [5.41, 5.74) is 0. The van der Waals surface area contributed by atoms with E-state index in [0.29, 0.717) is 0 Å². The van der Waals surface area contributed by atoms with Crippen LogP contribution in [0.25, 0.3) is 0 Å². The first kappa shape index (κ1) is 80.6. The van der Waals surface area contributed by atoms with Gasteiger partial charge in [0.25, 0.3) is 0 Å². The van der Waals surface area contributed by atoms with E-state index in [0.717, 1.165) is 0 Å². The number of carbonyl (C=O) groups excluding carboxylic acids is 1. The number of nitrogens with one attached hydrogen (secondary N) is 1. The largest absolute Gasteiger partial charge is 0.323 e. The highest BCUT2D eigenvalue weighted by Gasteiger charge is 1.62. The van der Waals surface area contributed by atoms with Gasteiger partial charge in [-0.15, -0.1) is 0 Å². The standard InChI is InChI=1S/2C3H7N.C3H6O.C3H8S.C3H8.C2H7N.6CH4/c2*1-3-4-2;1-3(2)4;1-3-4-2;2*1-3-2;;;;;;/h2*3H,1-2H3;1-2H3;3H2,1-2H3;3H2,1-2H3;3H,1-2H3;6*1H4. The molecule has 186 valence electrons. The molecular formula is C23H67N3OS. The highest BCUT2D eigenvalue weighted by molar-refractivity contribution is 7.98. The lowest BCUT2D eigenvalue weighted by molar-refractivity contribution is -0.114. The lowest BCUT2D eigenvalue weighted by Gasteiger charge is -1.69. The van der Waals surface area contributed by atoms with Gasteiger partial charge in [0.15, 0.2) is 0 Å². The molecule has 0 aromatic rings. The van der Waals surface area contributed by atoms with Crippen LogP contribution in [0.15, 0.2) is 9.98 Å². The molecule has 0 saturated heterocycles. The molecule has 0 saturated carbocycles. The molecule has 0 atom stereocenters. The van der Waals surface area contributed by atoms with Gasteiger partial charge in [0, 0.05) is 14.1 Å². The minimum absolute atomic E-state index is 0. The summed E-state index contributed by atoms with van der Waals surface area (Å²) >= 11 is 1.86. The molecule has 1 N–H and O–H groups in total. The van der Waals surface area contributed by atoms with Crippen LogP contribution in [0.2, 0.25) is 0 Å². The first-order valence-corrected chi connectivity index (χ1v) is 8.98. The van der Waals surface area contributed by atoms with E-state index in [1.54, 1.807) is 26.5 Å². The van der Waals surface area contributed by atoms with Crippen LogP contribution in [-0.2, 0) is 4.79 Å². The third-order valence-corrected chi connectivity index (χ3v) is 1.38. The second-order valence-electron chi connectivity index (χ2n) is 3.73. The van der Waals surface area contributed by atoms with Crippen LogP contribution < -0.4 is 5.32 Å². The third-order valence-electron chi connectivity index (χ3n) is 0.805. The minimum atomic E-state index is 0. The van der Waals surface area contributed by atoms with Gasteiger partial charge in [0.1, 0.15) is 5.78 Å². The van der Waals surface area contributed by atoms with Crippen molar-refractivity contribution in [3.8, 4) is 0 Å². The molecular weight excluding hydrogens is 366 g/mol. The number of carbonyl (C=O) groups is 1. The van der Waals surface area contributed by atoms with Crippen molar-refractivity contribution in [2.45, 2.75) is 99.4 Å². The van der Waals surface area contributed by atoms with Gasteiger partial charge in [-0.05, 0) is 66.2 Å². The normalized spacial score (nSPS) is 6.00. The van der Waals surface area contributed by atoms with E-state index in [9.17, 15) is 4.79 Å². The number of ketones is 1. The Morgan fingerprint density at radius 2 is 0.893 bits per heavy atom. The molecule has 0 heterocycles. The van der Waals surface area contributed by atoms with E-state index < -0.39 is 0 Å². The molecule has 0 aliphatic rings. The summed E-state index contributed by atoms with van der Waals surface area (Å²) in [6, 6.07) is 0. The monoisotopic (exact) mass is 434 g/mol. The zero-order chi connectivity index (χ0) is 19.2. The van der Waals surface area contributed by atoms with Crippen LogP contribution >= 0.6 is 11.8 Å². The number of hydrogen-bond donors (Lipinski definition) is 1. The first-order chi connectivity index (χ1) is 10.3. The van der Waals surface area contributed by atoms with Gasteiger partial charge in [-0.1, -0.05) is 71.8 Å². The number of nitrogens with zero attached hydrogens (tertiary/aromatic N) is 2. The van der Waals surface area contributed by atoms with E-state index in [4.69, 9.17) is 0 Å². The Hall–Kier alpha value is -0.680. The predicted molar refractivity (Wildman–Crippen MR) is 152 cm³/mol. The summed E-state index contributed by atoms with van der Waals surface area (Å²) in [5, 5.41) is 2.75. The van der Waals surface area contributed by atoms with Crippen LogP contribution in [0.5, 0.6) is 0 Å². The summed E-state index contributed by atoms with van der Waals surface area (Å²) in [6.07, 6.45) is 6.85. The van der Waals surface area contributed by atoms with E-state index in [1.807, 2.05) is 39.7 Å². The first-order valence-electron chi connectivity index (χ1n) is 7.59. The summed E-state index contributed by atoms with van der Waals surface area (Å²) in [4.78, 5) is 16.7. The molecule has 0 aromatic heterocycles. The fourth-order valence-electron chi connectivity index (χ4n) is 0. The summed E-state index contributed by atoms with van der Waals surface area (Å²) in [7, 11) is 7.25. The number of rotatable bonds is 1. The van der Waals surface area contributed by atoms with Crippen molar-refractivity contribution in [2.24, 2.45) is 9.98 Å². The van der Waals surface area contributed by atoms with Crippen molar-refractivity contribution in [3.05, 3.63) is 0 Å². The lowest BCUT2D eigenvalue weighted by Crippen LogP contribution is -1.89. The van der Waals surface area contributed by atoms with Gasteiger partial charge in [-0.25, -0.2) is 0 Å². The van der Waals surface area contributed by atoms with Crippen LogP contribution in [0.4, 0.5) is 0 Å². The molecule has 0 radical (unpaired) electrons. The lowest BCUT2D eigenvalue weighted by atomic mass is 10.6. The molecule has 5 heteroatoms. The maximum Gasteiger partial charge on any atom is 0.126 e. The smallest absolute Gasteiger partial charge is 0.126 e. The molecule has 0 rings (SSSR count). The minimum Gasteiger partial charge on any atom is -0.323 e. The van der Waals surface area contributed by atoms with E-state index >= 15 is 0 Å². The maximum atomic E-state index is 9.44. The Morgan fingerprint density at radius 3 is 0.893 bits per heavy atom. The molecule has 4 nitrogen and oxygen atoms in total. The van der Waals surface area contributed by atoms with Crippen molar-refractivity contribution in [3.63, 3.8) is 0 Å². The van der Waals surface area contributed by atoms with Gasteiger partial charge in [-0.3, -0.25) is 0 Å². The molecule has 0 aliphatic heterocycles. The second-order valence-corrected chi connectivity index (χ2v) is 4.88.